The zero-order valence-electron chi connectivity index (χ0n) is 12.3. The Balaban J connectivity index is 1.80. The zero-order chi connectivity index (χ0) is 16.6. The largest absolute Gasteiger partial charge is 0.298 e. The fourth-order valence-corrected chi connectivity index (χ4v) is 3.91. The molecular weight excluding hydrogens is 338 g/mol. The van der Waals surface area contributed by atoms with Crippen molar-refractivity contribution in [3.05, 3.63) is 49.5 Å². The first kappa shape index (κ1) is 15.9. The van der Waals surface area contributed by atoms with Gasteiger partial charge in [-0.15, -0.1) is 11.3 Å². The van der Waals surface area contributed by atoms with E-state index in [0.717, 1.165) is 25.0 Å². The molecule has 6 nitrogen and oxygen atoms in total. The number of benzene rings is 1. The molecule has 0 aliphatic heterocycles. The molecule has 0 fully saturated rings. The predicted octanol–water partition coefficient (Wildman–Crippen LogP) is 4.08. The van der Waals surface area contributed by atoms with Gasteiger partial charge in [0.05, 0.1) is 10.6 Å². The van der Waals surface area contributed by atoms with Crippen molar-refractivity contribution in [2.24, 2.45) is 5.92 Å². The van der Waals surface area contributed by atoms with Gasteiger partial charge in [-0.05, 0) is 37.3 Å². The maximum atomic E-state index is 12.3. The summed E-state index contributed by atoms with van der Waals surface area (Å²) in [6.45, 7) is 2.20. The molecule has 0 saturated heterocycles. The zero-order valence-corrected chi connectivity index (χ0v) is 13.9. The Hall–Kier alpha value is -1.99. The number of hydrogen-bond donors (Lipinski definition) is 1. The molecule has 0 bridgehead atoms. The SMILES string of the molecule is C[C@@H]1CCc2nc(NC(=O)c3ccc(Cl)c([N+](=O)[O-])c3)sc2C1. The number of nitrogens with zero attached hydrogens (tertiary/aromatic N) is 2. The number of carbonyl (C=O) groups is 1. The van der Waals surface area contributed by atoms with E-state index in [0.29, 0.717) is 11.0 Å². The van der Waals surface area contributed by atoms with Crippen molar-refractivity contribution >= 4 is 39.7 Å². The lowest BCUT2D eigenvalue weighted by Gasteiger charge is -2.15. The number of amides is 1. The first-order chi connectivity index (χ1) is 10.9. The third kappa shape index (κ3) is 3.35. The number of thiazole rings is 1. The van der Waals surface area contributed by atoms with E-state index in [1.54, 1.807) is 0 Å². The maximum absolute atomic E-state index is 12.3. The van der Waals surface area contributed by atoms with Crippen LogP contribution in [0.25, 0.3) is 0 Å². The summed E-state index contributed by atoms with van der Waals surface area (Å²) >= 11 is 7.23. The van der Waals surface area contributed by atoms with E-state index in [1.165, 1.54) is 34.4 Å². The lowest BCUT2D eigenvalue weighted by molar-refractivity contribution is -0.384. The minimum atomic E-state index is -0.609. The maximum Gasteiger partial charge on any atom is 0.288 e. The van der Waals surface area contributed by atoms with Crippen molar-refractivity contribution in [1.82, 2.24) is 4.98 Å². The molecule has 23 heavy (non-hydrogen) atoms. The van der Waals surface area contributed by atoms with Crippen molar-refractivity contribution in [2.75, 3.05) is 5.32 Å². The monoisotopic (exact) mass is 351 g/mol. The standard InChI is InChI=1S/C15H14ClN3O3S/c1-8-2-5-11-13(6-8)23-15(17-11)18-14(20)9-3-4-10(16)12(7-9)19(21)22/h3-4,7-8H,2,5-6H2,1H3,(H,17,18,20)/t8-/m1/s1. The number of nitrogens with one attached hydrogen (secondary N) is 1. The number of hydrogen-bond acceptors (Lipinski definition) is 5. The van der Waals surface area contributed by atoms with Crippen LogP contribution in [0.5, 0.6) is 0 Å². The van der Waals surface area contributed by atoms with Gasteiger partial charge in [0.1, 0.15) is 5.02 Å². The molecule has 1 heterocycles. The highest BCUT2D eigenvalue weighted by Gasteiger charge is 2.21. The molecule has 1 aliphatic rings. The number of rotatable bonds is 3. The van der Waals surface area contributed by atoms with Gasteiger partial charge in [-0.25, -0.2) is 4.98 Å². The minimum absolute atomic E-state index is 0.00486. The molecule has 0 radical (unpaired) electrons. The Labute approximate surface area is 141 Å². The summed E-state index contributed by atoms with van der Waals surface area (Å²) in [4.78, 5) is 28.2. The number of fused-ring (bicyclic) bond motifs is 1. The second-order valence-corrected chi connectivity index (χ2v) is 7.11. The first-order valence-electron chi connectivity index (χ1n) is 7.18. The topological polar surface area (TPSA) is 85.1 Å². The highest BCUT2D eigenvalue weighted by atomic mass is 35.5. The lowest BCUT2D eigenvalue weighted by atomic mass is 9.93. The van der Waals surface area contributed by atoms with Gasteiger partial charge in [0.2, 0.25) is 0 Å². The average molecular weight is 352 g/mol. The van der Waals surface area contributed by atoms with Crippen molar-refractivity contribution < 1.29 is 9.72 Å². The Bertz CT molecular complexity index is 790. The molecule has 3 rings (SSSR count). The molecule has 1 aromatic heterocycles. The number of nitro groups is 1. The normalized spacial score (nSPS) is 16.7. The molecule has 2 aromatic rings. The summed E-state index contributed by atoms with van der Waals surface area (Å²) in [6.07, 6.45) is 3.01. The molecule has 0 unspecified atom stereocenters. The number of aromatic nitrogens is 1. The molecule has 1 aliphatic carbocycles. The Morgan fingerprint density at radius 3 is 3.04 bits per heavy atom. The Morgan fingerprint density at radius 1 is 1.52 bits per heavy atom. The van der Waals surface area contributed by atoms with E-state index in [-0.39, 0.29) is 16.3 Å². The lowest BCUT2D eigenvalue weighted by Crippen LogP contribution is -2.12. The van der Waals surface area contributed by atoms with Gasteiger partial charge in [-0.3, -0.25) is 20.2 Å². The predicted molar refractivity (Wildman–Crippen MR) is 89.4 cm³/mol. The van der Waals surface area contributed by atoms with Gasteiger partial charge in [0.15, 0.2) is 5.13 Å². The molecule has 1 atom stereocenters. The molecule has 120 valence electrons. The van der Waals surface area contributed by atoms with E-state index in [1.807, 2.05) is 0 Å². The van der Waals surface area contributed by atoms with E-state index in [9.17, 15) is 14.9 Å². The molecule has 1 amide bonds. The van der Waals surface area contributed by atoms with Crippen LogP contribution >= 0.6 is 22.9 Å². The van der Waals surface area contributed by atoms with E-state index >= 15 is 0 Å². The fraction of sp³-hybridized carbons (Fsp3) is 0.333. The summed E-state index contributed by atoms with van der Waals surface area (Å²) < 4.78 is 0. The smallest absolute Gasteiger partial charge is 0.288 e. The van der Waals surface area contributed by atoms with Crippen LogP contribution in [-0.2, 0) is 12.8 Å². The van der Waals surface area contributed by atoms with Gasteiger partial charge in [0, 0.05) is 16.5 Å². The van der Waals surface area contributed by atoms with Crippen LogP contribution in [0.15, 0.2) is 18.2 Å². The second kappa shape index (κ2) is 6.25. The molecule has 1 N–H and O–H groups in total. The molecule has 0 spiro atoms. The van der Waals surface area contributed by atoms with Gasteiger partial charge in [-0.2, -0.15) is 0 Å². The highest BCUT2D eigenvalue weighted by Crippen LogP contribution is 2.32. The van der Waals surface area contributed by atoms with Gasteiger partial charge < -0.3 is 0 Å². The highest BCUT2D eigenvalue weighted by molar-refractivity contribution is 7.15. The van der Waals surface area contributed by atoms with Crippen LogP contribution in [0.2, 0.25) is 5.02 Å². The van der Waals surface area contributed by atoms with Gasteiger partial charge in [-0.1, -0.05) is 18.5 Å². The third-order valence-electron chi connectivity index (χ3n) is 3.81. The second-order valence-electron chi connectivity index (χ2n) is 5.61. The van der Waals surface area contributed by atoms with E-state index in [2.05, 4.69) is 17.2 Å². The van der Waals surface area contributed by atoms with Crippen LogP contribution in [0, 0.1) is 16.0 Å². The van der Waals surface area contributed by atoms with Gasteiger partial charge in [0.25, 0.3) is 11.6 Å². The van der Waals surface area contributed by atoms with Crippen molar-refractivity contribution in [3.8, 4) is 0 Å². The van der Waals surface area contributed by atoms with Crippen molar-refractivity contribution in [1.29, 1.82) is 0 Å². The number of carbonyl (C=O) groups excluding carboxylic acids is 1. The fourth-order valence-electron chi connectivity index (χ4n) is 2.56. The van der Waals surface area contributed by atoms with E-state index < -0.39 is 10.8 Å². The molecule has 8 heteroatoms. The van der Waals surface area contributed by atoms with Crippen LogP contribution in [0.1, 0.15) is 34.3 Å². The van der Waals surface area contributed by atoms with Gasteiger partial charge >= 0.3 is 0 Å². The number of nitro benzene ring substituents is 1. The van der Waals surface area contributed by atoms with Crippen molar-refractivity contribution in [2.45, 2.75) is 26.2 Å². The number of anilines is 1. The minimum Gasteiger partial charge on any atom is -0.298 e. The summed E-state index contributed by atoms with van der Waals surface area (Å²) in [5.74, 6) is 0.203. The Morgan fingerprint density at radius 2 is 2.30 bits per heavy atom. The summed E-state index contributed by atoms with van der Waals surface area (Å²) in [6, 6.07) is 3.98. The van der Waals surface area contributed by atoms with Crippen LogP contribution in [0.3, 0.4) is 0 Å². The average Bonchev–Trinajstić information content (AvgIpc) is 2.88. The molecule has 0 saturated carbocycles. The van der Waals surface area contributed by atoms with Crippen LogP contribution < -0.4 is 5.32 Å². The Kier molecular flexibility index (Phi) is 4.32. The summed E-state index contributed by atoms with van der Waals surface area (Å²) in [5, 5.41) is 14.2. The number of halogens is 1. The summed E-state index contributed by atoms with van der Waals surface area (Å²) in [5.41, 5.74) is 0.944. The van der Waals surface area contributed by atoms with Crippen LogP contribution in [-0.4, -0.2) is 15.8 Å². The quantitative estimate of drug-likeness (QED) is 0.666. The van der Waals surface area contributed by atoms with E-state index in [4.69, 9.17) is 11.6 Å². The van der Waals surface area contributed by atoms with Crippen LogP contribution in [0.4, 0.5) is 10.8 Å². The molecule has 1 aromatic carbocycles. The third-order valence-corrected chi connectivity index (χ3v) is 5.17. The number of aryl methyl sites for hydroxylation is 1. The summed E-state index contributed by atoms with van der Waals surface area (Å²) in [7, 11) is 0. The first-order valence-corrected chi connectivity index (χ1v) is 8.37. The van der Waals surface area contributed by atoms with Crippen molar-refractivity contribution in [3.63, 3.8) is 0 Å². The molecular formula is C15H14ClN3O3S.